The van der Waals surface area contributed by atoms with Crippen LogP contribution in [0.1, 0.15) is 32.6 Å². The lowest BCUT2D eigenvalue weighted by molar-refractivity contribution is 0.0599. The summed E-state index contributed by atoms with van der Waals surface area (Å²) in [6, 6.07) is 11.4. The van der Waals surface area contributed by atoms with Gasteiger partial charge in [0, 0.05) is 18.0 Å². The molecule has 4 nitrogen and oxygen atoms in total. The Kier molecular flexibility index (Phi) is 4.98. The first-order valence-electron chi connectivity index (χ1n) is 8.16. The maximum absolute atomic E-state index is 14.7. The molecule has 132 valence electrons. The Balaban J connectivity index is 1.95. The van der Waals surface area contributed by atoms with Gasteiger partial charge in [-0.2, -0.15) is 5.10 Å². The average molecular weight is 350 g/mol. The zero-order valence-electron chi connectivity index (χ0n) is 14.7. The molecule has 2 aromatic carbocycles. The summed E-state index contributed by atoms with van der Waals surface area (Å²) in [6.45, 7) is 5.31. The van der Waals surface area contributed by atoms with Crippen LogP contribution in [0.4, 0.5) is 4.39 Å². The second-order valence-corrected chi connectivity index (χ2v) is 5.93. The average Bonchev–Trinajstić information content (AvgIpc) is 3.20. The summed E-state index contributed by atoms with van der Waals surface area (Å²) in [5.41, 5.74) is 3.55. The standard InChI is InChI=1S/C21H19FN2O2/c1-4-18-19(21(25)26-3)13-16(14(2)20(18)22)12-15-6-8-17(9-7-15)24-11-5-10-23-24/h4-11,13H,1,12H2,2-3H3. The highest BCUT2D eigenvalue weighted by Crippen LogP contribution is 2.25. The summed E-state index contributed by atoms with van der Waals surface area (Å²) < 4.78 is 21.2. The first-order valence-corrected chi connectivity index (χ1v) is 8.16. The zero-order chi connectivity index (χ0) is 18.7. The Morgan fingerprint density at radius 3 is 2.65 bits per heavy atom. The summed E-state index contributed by atoms with van der Waals surface area (Å²) in [5, 5.41) is 4.19. The number of hydrogen-bond donors (Lipinski definition) is 0. The van der Waals surface area contributed by atoms with Crippen molar-refractivity contribution in [3.63, 3.8) is 0 Å². The zero-order valence-corrected chi connectivity index (χ0v) is 14.7. The Morgan fingerprint density at radius 2 is 2.08 bits per heavy atom. The Bertz CT molecular complexity index is 945. The van der Waals surface area contributed by atoms with Crippen molar-refractivity contribution in [2.24, 2.45) is 0 Å². The van der Waals surface area contributed by atoms with Crippen molar-refractivity contribution in [1.82, 2.24) is 9.78 Å². The number of nitrogens with zero attached hydrogens (tertiary/aromatic N) is 2. The van der Waals surface area contributed by atoms with Crippen molar-refractivity contribution in [3.8, 4) is 5.69 Å². The molecular weight excluding hydrogens is 331 g/mol. The summed E-state index contributed by atoms with van der Waals surface area (Å²) in [4.78, 5) is 12.0. The van der Waals surface area contributed by atoms with Gasteiger partial charge in [0.05, 0.1) is 18.4 Å². The maximum Gasteiger partial charge on any atom is 0.338 e. The molecule has 0 bridgehead atoms. The molecule has 1 heterocycles. The smallest absolute Gasteiger partial charge is 0.338 e. The van der Waals surface area contributed by atoms with E-state index in [0.29, 0.717) is 12.0 Å². The fourth-order valence-corrected chi connectivity index (χ4v) is 2.89. The van der Waals surface area contributed by atoms with E-state index >= 15 is 0 Å². The highest BCUT2D eigenvalue weighted by molar-refractivity contribution is 5.94. The van der Waals surface area contributed by atoms with Crippen molar-refractivity contribution in [3.05, 3.63) is 89.0 Å². The largest absolute Gasteiger partial charge is 0.465 e. The number of benzene rings is 2. The van der Waals surface area contributed by atoms with Crippen molar-refractivity contribution in [2.75, 3.05) is 7.11 Å². The van der Waals surface area contributed by atoms with Crippen LogP contribution < -0.4 is 0 Å². The molecule has 3 rings (SSSR count). The highest BCUT2D eigenvalue weighted by atomic mass is 19.1. The second kappa shape index (κ2) is 7.35. The minimum absolute atomic E-state index is 0.173. The monoisotopic (exact) mass is 350 g/mol. The van der Waals surface area contributed by atoms with E-state index in [4.69, 9.17) is 4.74 Å². The number of esters is 1. The fourth-order valence-electron chi connectivity index (χ4n) is 2.89. The Hall–Kier alpha value is -3.21. The van der Waals surface area contributed by atoms with Crippen molar-refractivity contribution < 1.29 is 13.9 Å². The molecule has 26 heavy (non-hydrogen) atoms. The lowest BCUT2D eigenvalue weighted by Gasteiger charge is -2.14. The van der Waals surface area contributed by atoms with Crippen LogP contribution in [0, 0.1) is 12.7 Å². The number of rotatable bonds is 5. The summed E-state index contributed by atoms with van der Waals surface area (Å²) >= 11 is 0. The van der Waals surface area contributed by atoms with Gasteiger partial charge in [-0.3, -0.25) is 0 Å². The number of methoxy groups -OCH3 is 1. The van der Waals surface area contributed by atoms with Gasteiger partial charge in [0.25, 0.3) is 0 Å². The van der Waals surface area contributed by atoms with Crippen LogP contribution in [0.15, 0.2) is 55.4 Å². The van der Waals surface area contributed by atoms with E-state index < -0.39 is 11.8 Å². The molecule has 0 aliphatic heterocycles. The normalized spacial score (nSPS) is 10.6. The number of halogens is 1. The molecule has 3 aromatic rings. The number of carbonyl (C=O) groups excluding carboxylic acids is 1. The maximum atomic E-state index is 14.7. The van der Waals surface area contributed by atoms with Gasteiger partial charge >= 0.3 is 5.97 Å². The first-order chi connectivity index (χ1) is 12.5. The topological polar surface area (TPSA) is 44.1 Å². The van der Waals surface area contributed by atoms with E-state index in [-0.39, 0.29) is 11.1 Å². The van der Waals surface area contributed by atoms with E-state index in [0.717, 1.165) is 16.8 Å². The predicted octanol–water partition coefficient (Wildman–Crippen LogP) is 4.34. The molecule has 5 heteroatoms. The SMILES string of the molecule is C=Cc1c(C(=O)OC)cc(Cc2ccc(-n3cccn3)cc2)c(C)c1F. The van der Waals surface area contributed by atoms with Crippen molar-refractivity contribution in [1.29, 1.82) is 0 Å². The van der Waals surface area contributed by atoms with Crippen LogP contribution >= 0.6 is 0 Å². The van der Waals surface area contributed by atoms with Gasteiger partial charge < -0.3 is 4.74 Å². The molecule has 0 amide bonds. The van der Waals surface area contributed by atoms with E-state index in [1.165, 1.54) is 13.2 Å². The van der Waals surface area contributed by atoms with Gasteiger partial charge in [-0.1, -0.05) is 24.8 Å². The fraction of sp³-hybridized carbons (Fsp3) is 0.143. The lowest BCUT2D eigenvalue weighted by Crippen LogP contribution is -2.09. The molecule has 0 spiro atoms. The number of aromatic nitrogens is 2. The van der Waals surface area contributed by atoms with E-state index in [9.17, 15) is 9.18 Å². The molecule has 0 atom stereocenters. The van der Waals surface area contributed by atoms with Crippen LogP contribution in [0.25, 0.3) is 11.8 Å². The van der Waals surface area contributed by atoms with Gasteiger partial charge in [0.15, 0.2) is 0 Å². The molecule has 0 fully saturated rings. The van der Waals surface area contributed by atoms with Crippen molar-refractivity contribution in [2.45, 2.75) is 13.3 Å². The summed E-state index contributed by atoms with van der Waals surface area (Å²) in [5.74, 6) is -1.01. The van der Waals surface area contributed by atoms with Gasteiger partial charge in [-0.05, 0) is 54.3 Å². The van der Waals surface area contributed by atoms with Crippen LogP contribution in [-0.4, -0.2) is 22.9 Å². The summed E-state index contributed by atoms with van der Waals surface area (Å²) in [7, 11) is 1.28. The van der Waals surface area contributed by atoms with E-state index in [1.54, 1.807) is 23.9 Å². The van der Waals surface area contributed by atoms with Gasteiger partial charge in [-0.25, -0.2) is 13.9 Å². The minimum atomic E-state index is -0.575. The minimum Gasteiger partial charge on any atom is -0.465 e. The molecule has 0 radical (unpaired) electrons. The number of hydrogen-bond acceptors (Lipinski definition) is 3. The van der Waals surface area contributed by atoms with Crippen LogP contribution in [0.2, 0.25) is 0 Å². The molecule has 0 N–H and O–H groups in total. The predicted molar refractivity (Wildman–Crippen MR) is 98.9 cm³/mol. The third-order valence-electron chi connectivity index (χ3n) is 4.37. The molecule has 0 saturated carbocycles. The quantitative estimate of drug-likeness (QED) is 0.643. The Morgan fingerprint density at radius 1 is 1.35 bits per heavy atom. The first kappa shape index (κ1) is 17.6. The Labute approximate surface area is 151 Å². The number of ether oxygens (including phenoxy) is 1. The van der Waals surface area contributed by atoms with E-state index in [1.807, 2.05) is 36.5 Å². The second-order valence-electron chi connectivity index (χ2n) is 5.93. The number of carbonyl (C=O) groups is 1. The highest BCUT2D eigenvalue weighted by Gasteiger charge is 2.19. The van der Waals surface area contributed by atoms with E-state index in [2.05, 4.69) is 11.7 Å². The summed E-state index contributed by atoms with van der Waals surface area (Å²) in [6.07, 6.45) is 5.43. The molecule has 0 aliphatic rings. The molecular formula is C21H19FN2O2. The van der Waals surface area contributed by atoms with Gasteiger partial charge in [0.1, 0.15) is 5.82 Å². The van der Waals surface area contributed by atoms with Crippen LogP contribution in [0.3, 0.4) is 0 Å². The van der Waals surface area contributed by atoms with Crippen LogP contribution in [-0.2, 0) is 11.2 Å². The van der Waals surface area contributed by atoms with Gasteiger partial charge in [0.2, 0.25) is 0 Å². The molecule has 1 aromatic heterocycles. The van der Waals surface area contributed by atoms with Crippen LogP contribution in [0.5, 0.6) is 0 Å². The lowest BCUT2D eigenvalue weighted by atomic mass is 9.94. The molecule has 0 aliphatic carbocycles. The molecule has 0 unspecified atom stereocenters. The molecule has 0 saturated heterocycles. The van der Waals surface area contributed by atoms with Crippen molar-refractivity contribution >= 4 is 12.0 Å². The third kappa shape index (κ3) is 3.28. The van der Waals surface area contributed by atoms with Gasteiger partial charge in [-0.15, -0.1) is 0 Å². The third-order valence-corrected chi connectivity index (χ3v) is 4.37.